The second-order valence-corrected chi connectivity index (χ2v) is 9.72. The molecule has 0 saturated heterocycles. The van der Waals surface area contributed by atoms with Crippen molar-refractivity contribution in [1.82, 2.24) is 0 Å². The largest absolute Gasteiger partial charge is 0.406 e. The van der Waals surface area contributed by atoms with Crippen LogP contribution in [0.1, 0.15) is 11.1 Å². The summed E-state index contributed by atoms with van der Waals surface area (Å²) in [5.74, 6) is -4.92. The van der Waals surface area contributed by atoms with E-state index in [1.165, 1.54) is 24.3 Å². The van der Waals surface area contributed by atoms with Gasteiger partial charge in [0.15, 0.2) is 0 Å². The number of hydrogen-bond acceptors (Lipinski definition) is 8. The van der Waals surface area contributed by atoms with Gasteiger partial charge in [0.25, 0.3) is 11.6 Å². The van der Waals surface area contributed by atoms with Gasteiger partial charge in [-0.2, -0.15) is 8.42 Å². The quantitative estimate of drug-likeness (QED) is 0.518. The Morgan fingerprint density at radius 3 is 1.59 bits per heavy atom. The Labute approximate surface area is 191 Å². The molecule has 2 unspecified atom stereocenters. The standard InChI is InChI=1S/C16H8Br2Cl2N2O6S/c17-9-1-7-13(3-11(9)19)21-5-15(7,23)27-29(25,26)28-16(24)6-22-14-4-12(20)10(18)2-8(14)16/h1-6,23-24H. The minimum atomic E-state index is -4.98. The van der Waals surface area contributed by atoms with Crippen LogP contribution in [-0.2, 0) is 30.3 Å². The summed E-state index contributed by atoms with van der Waals surface area (Å²) >= 11 is 18.3. The number of rotatable bonds is 4. The van der Waals surface area contributed by atoms with Crippen LogP contribution in [0.15, 0.2) is 43.2 Å². The smallest absolute Gasteiger partial charge is 0.356 e. The third-order valence-corrected chi connectivity index (χ3v) is 7.38. The SMILES string of the molecule is O=S(=O)(OC1(O)C=Nc2cc(Cl)c(Br)cc21)OC1(O)C=Nc2cc(Cl)c(Br)cc21. The molecule has 2 aliphatic heterocycles. The first-order valence-corrected chi connectivity index (χ1v) is 11.3. The molecule has 0 fully saturated rings. The maximum Gasteiger partial charge on any atom is 0.406 e. The molecule has 0 radical (unpaired) electrons. The maximum atomic E-state index is 12.5. The molecule has 2 N–H and O–H groups in total. The van der Waals surface area contributed by atoms with E-state index in [0.29, 0.717) is 19.0 Å². The minimum absolute atomic E-state index is 0.0166. The summed E-state index contributed by atoms with van der Waals surface area (Å²) < 4.78 is 35.5. The molecule has 0 amide bonds. The van der Waals surface area contributed by atoms with Crippen LogP contribution in [0.5, 0.6) is 0 Å². The number of nitrogens with zero attached hydrogens (tertiary/aromatic N) is 2. The first kappa shape index (κ1) is 21.3. The van der Waals surface area contributed by atoms with Crippen molar-refractivity contribution in [3.05, 3.63) is 54.4 Å². The summed E-state index contributed by atoms with van der Waals surface area (Å²) in [5.41, 5.74) is 0.452. The van der Waals surface area contributed by atoms with Crippen molar-refractivity contribution in [1.29, 1.82) is 0 Å². The van der Waals surface area contributed by atoms with Crippen molar-refractivity contribution >= 4 is 89.3 Å². The molecule has 2 heterocycles. The third kappa shape index (κ3) is 3.80. The van der Waals surface area contributed by atoms with Crippen LogP contribution in [-0.4, -0.2) is 31.1 Å². The molecule has 2 aromatic rings. The molecule has 4 rings (SSSR count). The number of halogens is 4. The van der Waals surface area contributed by atoms with Crippen LogP contribution < -0.4 is 0 Å². The maximum absolute atomic E-state index is 12.5. The Hall–Kier alpha value is -0.890. The zero-order chi connectivity index (χ0) is 21.2. The lowest BCUT2D eigenvalue weighted by atomic mass is 10.1. The Balaban J connectivity index is 1.65. The van der Waals surface area contributed by atoms with Crippen molar-refractivity contribution in [3.8, 4) is 0 Å². The molecule has 0 saturated carbocycles. The fourth-order valence-electron chi connectivity index (χ4n) is 2.77. The van der Waals surface area contributed by atoms with Gasteiger partial charge in [-0.05, 0) is 56.1 Å². The average Bonchev–Trinajstić information content (AvgIpc) is 3.06. The Bertz CT molecular complexity index is 1130. The van der Waals surface area contributed by atoms with Gasteiger partial charge in [-0.25, -0.2) is 8.37 Å². The first-order chi connectivity index (χ1) is 13.4. The lowest BCUT2D eigenvalue weighted by Crippen LogP contribution is -2.38. The van der Waals surface area contributed by atoms with Gasteiger partial charge in [0.1, 0.15) is 0 Å². The molecule has 29 heavy (non-hydrogen) atoms. The van der Waals surface area contributed by atoms with Gasteiger partial charge in [0.2, 0.25) is 0 Å². The zero-order valence-corrected chi connectivity index (χ0v) is 19.3. The Kier molecular flexibility index (Phi) is 5.21. The number of aliphatic hydroxyl groups is 2. The molecule has 13 heteroatoms. The predicted molar refractivity (Wildman–Crippen MR) is 113 cm³/mol. The van der Waals surface area contributed by atoms with Gasteiger partial charge in [0, 0.05) is 20.1 Å². The van der Waals surface area contributed by atoms with E-state index in [4.69, 9.17) is 31.6 Å². The van der Waals surface area contributed by atoms with Gasteiger partial charge in [-0.1, -0.05) is 23.2 Å². The zero-order valence-electron chi connectivity index (χ0n) is 13.8. The molecule has 8 nitrogen and oxygen atoms in total. The van der Waals surface area contributed by atoms with Gasteiger partial charge >= 0.3 is 10.4 Å². The summed E-state index contributed by atoms with van der Waals surface area (Å²) in [6, 6.07) is 5.56. The van der Waals surface area contributed by atoms with E-state index >= 15 is 0 Å². The fraction of sp³-hybridized carbons (Fsp3) is 0.125. The molecule has 2 aromatic carbocycles. The molecule has 0 aromatic heterocycles. The summed E-state index contributed by atoms with van der Waals surface area (Å²) in [6.45, 7) is 0. The first-order valence-electron chi connectivity index (χ1n) is 7.63. The Morgan fingerprint density at radius 2 is 1.21 bits per heavy atom. The number of fused-ring (bicyclic) bond motifs is 2. The van der Waals surface area contributed by atoms with E-state index in [1.807, 2.05) is 0 Å². The van der Waals surface area contributed by atoms with E-state index in [0.717, 1.165) is 12.4 Å². The summed E-state index contributed by atoms with van der Waals surface area (Å²) in [5, 5.41) is 22.0. The highest BCUT2D eigenvalue weighted by Crippen LogP contribution is 2.44. The normalized spacial score (nSPS) is 24.8. The number of hydrogen-bond donors (Lipinski definition) is 2. The molecular weight excluding hydrogens is 579 g/mol. The van der Waals surface area contributed by atoms with Crippen LogP contribution in [0, 0.1) is 0 Å². The van der Waals surface area contributed by atoms with E-state index in [1.54, 1.807) is 0 Å². The molecule has 0 spiro atoms. The van der Waals surface area contributed by atoms with Gasteiger partial charge < -0.3 is 10.2 Å². The van der Waals surface area contributed by atoms with Crippen molar-refractivity contribution in [2.24, 2.45) is 9.98 Å². The van der Waals surface area contributed by atoms with E-state index in [-0.39, 0.29) is 22.5 Å². The molecule has 2 aliphatic rings. The lowest BCUT2D eigenvalue weighted by Gasteiger charge is -2.25. The summed E-state index contributed by atoms with van der Waals surface area (Å²) in [6.07, 6.45) is 1.75. The summed E-state index contributed by atoms with van der Waals surface area (Å²) in [4.78, 5) is 7.82. The number of benzene rings is 2. The van der Waals surface area contributed by atoms with Gasteiger partial charge in [0.05, 0.1) is 33.8 Å². The highest BCUT2D eigenvalue weighted by Gasteiger charge is 2.46. The van der Waals surface area contributed by atoms with E-state index < -0.39 is 22.0 Å². The van der Waals surface area contributed by atoms with Gasteiger partial charge in [-0.3, -0.25) is 9.98 Å². The van der Waals surface area contributed by atoms with Crippen molar-refractivity contribution in [2.75, 3.05) is 0 Å². The number of aliphatic imine (C=N–C) groups is 2. The molecule has 0 aliphatic carbocycles. The highest BCUT2D eigenvalue weighted by molar-refractivity contribution is 9.10. The van der Waals surface area contributed by atoms with Gasteiger partial charge in [-0.15, -0.1) is 0 Å². The molecule has 152 valence electrons. The van der Waals surface area contributed by atoms with Crippen LogP contribution >= 0.6 is 55.1 Å². The second kappa shape index (κ2) is 7.08. The monoisotopic (exact) mass is 584 g/mol. The van der Waals surface area contributed by atoms with Crippen LogP contribution in [0.25, 0.3) is 0 Å². The van der Waals surface area contributed by atoms with E-state index in [9.17, 15) is 18.6 Å². The molecule has 2 atom stereocenters. The highest BCUT2D eigenvalue weighted by atomic mass is 79.9. The predicted octanol–water partition coefficient (Wildman–Crippen LogP) is 4.22. The van der Waals surface area contributed by atoms with Crippen molar-refractivity contribution in [3.63, 3.8) is 0 Å². The molecular formula is C16H8Br2Cl2N2O6S. The Morgan fingerprint density at radius 1 is 0.828 bits per heavy atom. The summed E-state index contributed by atoms with van der Waals surface area (Å²) in [7, 11) is -4.98. The second-order valence-electron chi connectivity index (χ2n) is 6.05. The van der Waals surface area contributed by atoms with Crippen LogP contribution in [0.4, 0.5) is 11.4 Å². The third-order valence-electron chi connectivity index (χ3n) is 4.06. The van der Waals surface area contributed by atoms with E-state index in [2.05, 4.69) is 41.8 Å². The fourth-order valence-corrected chi connectivity index (χ4v) is 4.70. The van der Waals surface area contributed by atoms with Crippen molar-refractivity contribution < 1.29 is 27.0 Å². The van der Waals surface area contributed by atoms with Crippen LogP contribution in [0.2, 0.25) is 10.0 Å². The average molecular weight is 587 g/mol. The topological polar surface area (TPSA) is 118 Å². The van der Waals surface area contributed by atoms with Crippen molar-refractivity contribution in [2.45, 2.75) is 11.6 Å². The van der Waals surface area contributed by atoms with Crippen LogP contribution in [0.3, 0.4) is 0 Å². The minimum Gasteiger partial charge on any atom is -0.356 e. The lowest BCUT2D eigenvalue weighted by molar-refractivity contribution is -0.115. The molecule has 0 bridgehead atoms.